The molecule has 0 radical (unpaired) electrons. The van der Waals surface area contributed by atoms with Crippen molar-refractivity contribution < 1.29 is 24.2 Å². The molecule has 0 aliphatic carbocycles. The fourth-order valence-electron chi connectivity index (χ4n) is 0.627. The minimum Gasteiger partial charge on any atom is -0.462 e. The maximum Gasteiger partial charge on any atom is 0.331 e. The minimum absolute atomic E-state index is 0.0792. The van der Waals surface area contributed by atoms with Gasteiger partial charge in [0, 0.05) is 12.2 Å². The number of hydrogen-bond acceptors (Lipinski definition) is 5. The predicted octanol–water partition coefficient (Wildman–Crippen LogP) is 0.277. The van der Waals surface area contributed by atoms with Crippen molar-refractivity contribution >= 4 is 11.9 Å². The smallest absolute Gasteiger partial charge is 0.331 e. The molecular weight excluding hydrogens is 200 g/mol. The van der Waals surface area contributed by atoms with E-state index in [2.05, 4.69) is 4.74 Å². The summed E-state index contributed by atoms with van der Waals surface area (Å²) in [5.41, 5.74) is 0. The van der Waals surface area contributed by atoms with Crippen molar-refractivity contribution in [1.29, 1.82) is 0 Å². The van der Waals surface area contributed by atoms with E-state index in [1.165, 1.54) is 0 Å². The van der Waals surface area contributed by atoms with Gasteiger partial charge in [0.2, 0.25) is 0 Å². The van der Waals surface area contributed by atoms with Gasteiger partial charge in [0.25, 0.3) is 0 Å². The van der Waals surface area contributed by atoms with Gasteiger partial charge in [-0.15, -0.1) is 0 Å². The second-order valence-electron chi connectivity index (χ2n) is 3.25. The highest BCUT2D eigenvalue weighted by Gasteiger charge is 2.01. The van der Waals surface area contributed by atoms with Crippen LogP contribution in [0.1, 0.15) is 13.8 Å². The highest BCUT2D eigenvalue weighted by Crippen LogP contribution is 1.93. The largest absolute Gasteiger partial charge is 0.462 e. The van der Waals surface area contributed by atoms with Gasteiger partial charge in [-0.3, -0.25) is 0 Å². The molecule has 0 aromatic rings. The van der Waals surface area contributed by atoms with Gasteiger partial charge in [-0.1, -0.05) is 13.8 Å². The van der Waals surface area contributed by atoms with Crippen LogP contribution in [0.15, 0.2) is 12.2 Å². The molecule has 0 aromatic carbocycles. The Hall–Kier alpha value is -1.36. The van der Waals surface area contributed by atoms with Gasteiger partial charge in [0.1, 0.15) is 6.61 Å². The Balaban J connectivity index is 3.74. The molecule has 0 aromatic heterocycles. The summed E-state index contributed by atoms with van der Waals surface area (Å²) in [5, 5.41) is 8.34. The maximum atomic E-state index is 11.0. The van der Waals surface area contributed by atoms with Crippen LogP contribution in [0.25, 0.3) is 0 Å². The number of rotatable bonds is 6. The Morgan fingerprint density at radius 1 is 1.20 bits per heavy atom. The van der Waals surface area contributed by atoms with Gasteiger partial charge in [0.15, 0.2) is 0 Å². The first-order valence-corrected chi connectivity index (χ1v) is 4.68. The van der Waals surface area contributed by atoms with E-state index in [0.29, 0.717) is 6.61 Å². The molecule has 0 saturated heterocycles. The number of carbonyl (C=O) groups is 2. The van der Waals surface area contributed by atoms with Gasteiger partial charge >= 0.3 is 11.9 Å². The Morgan fingerprint density at radius 3 is 2.20 bits per heavy atom. The Morgan fingerprint density at radius 2 is 1.73 bits per heavy atom. The molecule has 0 amide bonds. The van der Waals surface area contributed by atoms with Crippen molar-refractivity contribution in [3.8, 4) is 0 Å². The van der Waals surface area contributed by atoms with E-state index in [1.807, 2.05) is 13.8 Å². The third-order valence-electron chi connectivity index (χ3n) is 1.25. The standard InChI is InChI=1S/C10H16O5/c1-8(2)7-15-10(13)4-3-9(12)14-6-5-11/h3-4,8,11H,5-7H2,1-2H3/b4-3-. The summed E-state index contributed by atoms with van der Waals surface area (Å²) in [6.07, 6.45) is 1.97. The molecule has 0 atom stereocenters. The number of ether oxygens (including phenoxy) is 2. The first-order valence-electron chi connectivity index (χ1n) is 4.68. The van der Waals surface area contributed by atoms with Gasteiger partial charge in [-0.05, 0) is 5.92 Å². The summed E-state index contributed by atoms with van der Waals surface area (Å²) in [5.74, 6) is -1.00. The van der Waals surface area contributed by atoms with Crippen molar-refractivity contribution in [3.05, 3.63) is 12.2 Å². The zero-order chi connectivity index (χ0) is 11.7. The van der Waals surface area contributed by atoms with Crippen LogP contribution in [0.3, 0.4) is 0 Å². The molecule has 0 heterocycles. The number of esters is 2. The van der Waals surface area contributed by atoms with Crippen molar-refractivity contribution in [2.24, 2.45) is 5.92 Å². The van der Waals surface area contributed by atoms with E-state index in [4.69, 9.17) is 9.84 Å². The first kappa shape index (κ1) is 13.6. The average molecular weight is 216 g/mol. The lowest BCUT2D eigenvalue weighted by Crippen LogP contribution is -2.09. The second-order valence-corrected chi connectivity index (χ2v) is 3.25. The normalized spacial score (nSPS) is 10.7. The van der Waals surface area contributed by atoms with Crippen LogP contribution in [-0.4, -0.2) is 36.9 Å². The van der Waals surface area contributed by atoms with E-state index in [-0.39, 0.29) is 19.1 Å². The molecule has 0 saturated carbocycles. The van der Waals surface area contributed by atoms with Crippen LogP contribution in [0.5, 0.6) is 0 Å². The van der Waals surface area contributed by atoms with Crippen molar-refractivity contribution in [2.45, 2.75) is 13.8 Å². The van der Waals surface area contributed by atoms with E-state index in [9.17, 15) is 9.59 Å². The third kappa shape index (κ3) is 8.96. The van der Waals surface area contributed by atoms with Gasteiger partial charge in [-0.2, -0.15) is 0 Å². The lowest BCUT2D eigenvalue weighted by atomic mass is 10.2. The highest BCUT2D eigenvalue weighted by molar-refractivity contribution is 5.91. The summed E-state index contributed by atoms with van der Waals surface area (Å²) in [6, 6.07) is 0. The van der Waals surface area contributed by atoms with Crippen molar-refractivity contribution in [3.63, 3.8) is 0 Å². The quantitative estimate of drug-likeness (QED) is 0.510. The van der Waals surface area contributed by atoms with E-state index in [0.717, 1.165) is 12.2 Å². The molecule has 5 heteroatoms. The molecule has 86 valence electrons. The molecule has 15 heavy (non-hydrogen) atoms. The van der Waals surface area contributed by atoms with Gasteiger partial charge < -0.3 is 14.6 Å². The average Bonchev–Trinajstić information content (AvgIpc) is 2.20. The molecule has 0 fully saturated rings. The van der Waals surface area contributed by atoms with Gasteiger partial charge in [-0.25, -0.2) is 9.59 Å². The number of aliphatic hydroxyl groups is 1. The Labute approximate surface area is 88.7 Å². The van der Waals surface area contributed by atoms with Crippen molar-refractivity contribution in [2.75, 3.05) is 19.8 Å². The zero-order valence-electron chi connectivity index (χ0n) is 8.93. The van der Waals surface area contributed by atoms with Crippen LogP contribution in [0.2, 0.25) is 0 Å². The van der Waals surface area contributed by atoms with Crippen LogP contribution in [0, 0.1) is 5.92 Å². The predicted molar refractivity (Wildman–Crippen MR) is 53.0 cm³/mol. The Kier molecular flexibility index (Phi) is 7.27. The molecule has 0 rings (SSSR count). The summed E-state index contributed by atoms with van der Waals surface area (Å²) in [6.45, 7) is 3.81. The number of carbonyl (C=O) groups excluding carboxylic acids is 2. The summed E-state index contributed by atoms with van der Waals surface area (Å²) >= 11 is 0. The lowest BCUT2D eigenvalue weighted by Gasteiger charge is -2.03. The molecule has 0 aliphatic heterocycles. The monoisotopic (exact) mass is 216 g/mol. The molecule has 0 bridgehead atoms. The van der Waals surface area contributed by atoms with Crippen molar-refractivity contribution in [1.82, 2.24) is 0 Å². The molecule has 5 nitrogen and oxygen atoms in total. The summed E-state index contributed by atoms with van der Waals surface area (Å²) in [7, 11) is 0. The molecule has 1 N–H and O–H groups in total. The highest BCUT2D eigenvalue weighted by atomic mass is 16.5. The number of hydrogen-bond donors (Lipinski definition) is 1. The second kappa shape index (κ2) is 7.99. The van der Waals surface area contributed by atoms with Crippen LogP contribution in [-0.2, 0) is 19.1 Å². The zero-order valence-corrected chi connectivity index (χ0v) is 8.93. The fourth-order valence-corrected chi connectivity index (χ4v) is 0.627. The van der Waals surface area contributed by atoms with E-state index < -0.39 is 11.9 Å². The van der Waals surface area contributed by atoms with E-state index in [1.54, 1.807) is 0 Å². The topological polar surface area (TPSA) is 72.8 Å². The molecule has 0 aliphatic rings. The third-order valence-corrected chi connectivity index (χ3v) is 1.25. The first-order chi connectivity index (χ1) is 7.06. The van der Waals surface area contributed by atoms with Crippen LogP contribution >= 0.6 is 0 Å². The molecular formula is C10H16O5. The summed E-state index contributed by atoms with van der Waals surface area (Å²) in [4.78, 5) is 21.8. The van der Waals surface area contributed by atoms with Crippen LogP contribution < -0.4 is 0 Å². The lowest BCUT2D eigenvalue weighted by molar-refractivity contribution is -0.141. The fraction of sp³-hybridized carbons (Fsp3) is 0.600. The van der Waals surface area contributed by atoms with E-state index >= 15 is 0 Å². The van der Waals surface area contributed by atoms with Crippen LogP contribution in [0.4, 0.5) is 0 Å². The Bertz CT molecular complexity index is 232. The molecule has 0 spiro atoms. The molecule has 0 unspecified atom stereocenters. The SMILES string of the molecule is CC(C)COC(=O)/C=C\C(=O)OCCO. The van der Waals surface area contributed by atoms with Gasteiger partial charge in [0.05, 0.1) is 13.2 Å². The number of aliphatic hydroxyl groups excluding tert-OH is 1. The summed E-state index contributed by atoms with van der Waals surface area (Å²) < 4.78 is 9.26. The minimum atomic E-state index is -0.675. The maximum absolute atomic E-state index is 11.0.